The standard InChI is InChI=1S/C40H49F2N7O6S/c41-30-17-26(43-32-2-4-36(50)46-38(32)51)1-3-34(30)47-13-7-27(8-14-47)49-20-25(21-49)40(53)48-11-5-24(6-12-48)22-55-28-18-31(42)37-33(19-28)44-35(45-39(37)52)23-56-29-9-15-54-16-10-29/h1,3,17-19,24-25,27,29,32,43H,2,4-16,20-23H2,(H,44,45,52)(H,46,50,51). The number of aromatic amines is 1. The van der Waals surface area contributed by atoms with Gasteiger partial charge in [-0.2, -0.15) is 11.8 Å². The van der Waals surface area contributed by atoms with Crippen LogP contribution in [-0.4, -0.2) is 114 Å². The molecule has 13 nitrogen and oxygen atoms in total. The Bertz CT molecular complexity index is 1990. The molecule has 5 aliphatic heterocycles. The molecule has 0 bridgehead atoms. The first kappa shape index (κ1) is 38.6. The van der Waals surface area contributed by atoms with Gasteiger partial charge in [0.25, 0.3) is 5.56 Å². The molecule has 0 spiro atoms. The number of anilines is 2. The van der Waals surface area contributed by atoms with Crippen molar-refractivity contribution >= 4 is 51.8 Å². The van der Waals surface area contributed by atoms with Crippen LogP contribution in [0, 0.1) is 23.5 Å². The van der Waals surface area contributed by atoms with Gasteiger partial charge in [-0.15, -0.1) is 0 Å². The lowest BCUT2D eigenvalue weighted by atomic mass is 9.90. The fraction of sp³-hybridized carbons (Fsp3) is 0.575. The summed E-state index contributed by atoms with van der Waals surface area (Å²) in [5, 5.41) is 5.73. The maximum absolute atomic E-state index is 15.2. The zero-order valence-electron chi connectivity index (χ0n) is 31.4. The van der Waals surface area contributed by atoms with E-state index in [1.54, 1.807) is 30.0 Å². The van der Waals surface area contributed by atoms with E-state index in [0.29, 0.717) is 79.2 Å². The number of carbonyl (C=O) groups excluding carboxylic acids is 3. The van der Waals surface area contributed by atoms with Gasteiger partial charge < -0.3 is 29.6 Å². The number of piperidine rings is 3. The van der Waals surface area contributed by atoms with Gasteiger partial charge >= 0.3 is 0 Å². The molecule has 0 radical (unpaired) electrons. The van der Waals surface area contributed by atoms with Gasteiger partial charge in [0.15, 0.2) is 0 Å². The SMILES string of the molecule is O=C1CCC(Nc2ccc(N3CCC(N4CC(C(=O)N5CCC(COc6cc(F)c7c(=O)[nH]c(CSC8CCOCC8)nc7c6)CC5)C4)CC3)c(F)c2)C(=O)N1. The molecule has 5 aliphatic rings. The van der Waals surface area contributed by atoms with E-state index in [-0.39, 0.29) is 46.8 Å². The summed E-state index contributed by atoms with van der Waals surface area (Å²) in [7, 11) is 0. The number of imide groups is 1. The van der Waals surface area contributed by atoms with Gasteiger partial charge in [-0.05, 0) is 69.1 Å². The predicted octanol–water partition coefficient (Wildman–Crippen LogP) is 4.05. The molecule has 2 aromatic carbocycles. The summed E-state index contributed by atoms with van der Waals surface area (Å²) in [6.45, 7) is 6.09. The molecule has 3 N–H and O–H groups in total. The number of amides is 3. The first-order valence-corrected chi connectivity index (χ1v) is 20.9. The molecule has 300 valence electrons. The molecule has 3 amide bonds. The monoisotopic (exact) mass is 793 g/mol. The van der Waals surface area contributed by atoms with Crippen molar-refractivity contribution in [1.82, 2.24) is 25.1 Å². The normalized spacial score (nSPS) is 22.3. The van der Waals surface area contributed by atoms with E-state index >= 15 is 8.78 Å². The number of H-pyrrole nitrogens is 1. The summed E-state index contributed by atoms with van der Waals surface area (Å²) in [5.74, 6) is 0.116. The highest BCUT2D eigenvalue weighted by Crippen LogP contribution is 2.32. The number of aromatic nitrogens is 2. The average molecular weight is 794 g/mol. The van der Waals surface area contributed by atoms with Crippen molar-refractivity contribution in [2.45, 2.75) is 74.5 Å². The Kier molecular flexibility index (Phi) is 11.8. The largest absolute Gasteiger partial charge is 0.493 e. The predicted molar refractivity (Wildman–Crippen MR) is 209 cm³/mol. The first-order valence-electron chi connectivity index (χ1n) is 19.9. The van der Waals surface area contributed by atoms with Crippen LogP contribution in [0.15, 0.2) is 35.1 Å². The van der Waals surface area contributed by atoms with Crippen LogP contribution in [0.2, 0.25) is 0 Å². The summed E-state index contributed by atoms with van der Waals surface area (Å²) >= 11 is 1.73. The van der Waals surface area contributed by atoms with Crippen LogP contribution in [0.4, 0.5) is 20.2 Å². The number of ether oxygens (including phenoxy) is 2. The Morgan fingerprint density at radius 3 is 2.45 bits per heavy atom. The minimum Gasteiger partial charge on any atom is -0.493 e. The van der Waals surface area contributed by atoms with Crippen molar-refractivity contribution in [2.24, 2.45) is 11.8 Å². The molecule has 0 aliphatic carbocycles. The summed E-state index contributed by atoms with van der Waals surface area (Å²) in [6.07, 6.45) is 5.91. The lowest BCUT2D eigenvalue weighted by molar-refractivity contribution is -0.144. The molecular weight excluding hydrogens is 745 g/mol. The molecule has 0 saturated carbocycles. The Hall–Kier alpha value is -4.28. The van der Waals surface area contributed by atoms with Crippen LogP contribution in [0.3, 0.4) is 0 Å². The zero-order valence-corrected chi connectivity index (χ0v) is 32.2. The Labute approximate surface area is 328 Å². The van der Waals surface area contributed by atoms with Crippen molar-refractivity contribution < 1.29 is 32.6 Å². The van der Waals surface area contributed by atoms with Crippen LogP contribution < -0.4 is 25.8 Å². The molecule has 3 aromatic rings. The number of thioether (sulfide) groups is 1. The quantitative estimate of drug-likeness (QED) is 0.242. The number of halogens is 2. The van der Waals surface area contributed by atoms with Gasteiger partial charge in [-0.3, -0.25) is 29.4 Å². The van der Waals surface area contributed by atoms with Crippen LogP contribution >= 0.6 is 11.8 Å². The molecule has 8 rings (SSSR count). The molecule has 56 heavy (non-hydrogen) atoms. The van der Waals surface area contributed by atoms with Crippen molar-refractivity contribution in [3.63, 3.8) is 0 Å². The molecule has 1 atom stereocenters. The lowest BCUT2D eigenvalue weighted by Crippen LogP contribution is -2.60. The van der Waals surface area contributed by atoms with Crippen LogP contribution in [0.1, 0.15) is 57.2 Å². The molecule has 16 heteroatoms. The summed E-state index contributed by atoms with van der Waals surface area (Å²) in [6, 6.07) is 7.60. The third kappa shape index (κ3) is 8.81. The van der Waals surface area contributed by atoms with Gasteiger partial charge in [0, 0.05) is 88.0 Å². The lowest BCUT2D eigenvalue weighted by Gasteiger charge is -2.48. The van der Waals surface area contributed by atoms with Crippen molar-refractivity contribution in [1.29, 1.82) is 0 Å². The van der Waals surface area contributed by atoms with Gasteiger partial charge in [0.05, 0.1) is 29.5 Å². The fourth-order valence-electron chi connectivity index (χ4n) is 8.56. The van der Waals surface area contributed by atoms with Crippen molar-refractivity contribution in [3.8, 4) is 5.75 Å². The number of carbonyl (C=O) groups is 3. The molecule has 6 heterocycles. The van der Waals surface area contributed by atoms with Gasteiger partial charge in [-0.1, -0.05) is 0 Å². The second-order valence-electron chi connectivity index (χ2n) is 15.7. The second kappa shape index (κ2) is 17.1. The Balaban J connectivity index is 0.754. The van der Waals surface area contributed by atoms with E-state index in [0.717, 1.165) is 64.8 Å². The minimum absolute atomic E-state index is 0.0149. The topological polar surface area (TPSA) is 149 Å². The van der Waals surface area contributed by atoms with E-state index in [2.05, 4.69) is 30.4 Å². The maximum Gasteiger partial charge on any atom is 0.261 e. The zero-order chi connectivity index (χ0) is 38.8. The highest BCUT2D eigenvalue weighted by Gasteiger charge is 2.40. The summed E-state index contributed by atoms with van der Waals surface area (Å²) < 4.78 is 41.7. The number of nitrogens with zero attached hydrogens (tertiary/aromatic N) is 4. The van der Waals surface area contributed by atoms with E-state index in [1.165, 1.54) is 12.1 Å². The number of rotatable bonds is 11. The summed E-state index contributed by atoms with van der Waals surface area (Å²) in [5.41, 5.74) is 0.835. The second-order valence-corrected chi connectivity index (χ2v) is 17.0. The smallest absolute Gasteiger partial charge is 0.261 e. The number of fused-ring (bicyclic) bond motifs is 1. The highest BCUT2D eigenvalue weighted by molar-refractivity contribution is 7.99. The third-order valence-corrected chi connectivity index (χ3v) is 13.3. The van der Waals surface area contributed by atoms with E-state index < -0.39 is 23.3 Å². The minimum atomic E-state index is -0.655. The molecular formula is C40H49F2N7O6S. The van der Waals surface area contributed by atoms with Crippen LogP contribution in [-0.2, 0) is 24.9 Å². The van der Waals surface area contributed by atoms with Gasteiger partial charge in [0.1, 0.15) is 34.6 Å². The number of likely N-dealkylation sites (tertiary alicyclic amines) is 2. The fourth-order valence-corrected chi connectivity index (χ4v) is 9.61. The first-order chi connectivity index (χ1) is 27.2. The van der Waals surface area contributed by atoms with Crippen molar-refractivity contribution in [2.75, 3.05) is 69.3 Å². The molecule has 1 unspecified atom stereocenters. The number of nitrogens with one attached hydrogen (secondary N) is 3. The molecule has 5 saturated heterocycles. The van der Waals surface area contributed by atoms with Crippen LogP contribution in [0.5, 0.6) is 5.75 Å². The summed E-state index contributed by atoms with van der Waals surface area (Å²) in [4.78, 5) is 63.3. The Morgan fingerprint density at radius 1 is 0.946 bits per heavy atom. The van der Waals surface area contributed by atoms with E-state index in [9.17, 15) is 19.2 Å². The number of hydrogen-bond donors (Lipinski definition) is 3. The van der Waals surface area contributed by atoms with E-state index in [1.807, 2.05) is 4.90 Å². The van der Waals surface area contributed by atoms with E-state index in [4.69, 9.17) is 9.47 Å². The third-order valence-electron chi connectivity index (χ3n) is 11.9. The van der Waals surface area contributed by atoms with Crippen molar-refractivity contribution in [3.05, 3.63) is 58.1 Å². The van der Waals surface area contributed by atoms with Gasteiger partial charge in [-0.25, -0.2) is 13.8 Å². The highest BCUT2D eigenvalue weighted by atomic mass is 32.2. The maximum atomic E-state index is 15.2. The average Bonchev–Trinajstić information content (AvgIpc) is 3.17. The number of hydrogen-bond acceptors (Lipinski definition) is 11. The van der Waals surface area contributed by atoms with Gasteiger partial charge in [0.2, 0.25) is 17.7 Å². The Morgan fingerprint density at radius 2 is 1.71 bits per heavy atom. The number of benzene rings is 2. The van der Waals surface area contributed by atoms with Crippen LogP contribution in [0.25, 0.3) is 10.9 Å². The molecule has 1 aromatic heterocycles. The molecule has 5 fully saturated rings.